The standard InChI is InChI=1S/C15H13N3O/c1-10-13(11(2)19)9-16-18(10)15-8-7-12-5-3-4-6-14(12)17-15/h3-9H,1-2H3. The number of carbonyl (C=O) groups excluding carboxylic acids is 1. The Labute approximate surface area is 110 Å². The van der Waals surface area contributed by atoms with Gasteiger partial charge in [0, 0.05) is 5.39 Å². The molecule has 0 saturated heterocycles. The summed E-state index contributed by atoms with van der Waals surface area (Å²) in [6.45, 7) is 3.42. The summed E-state index contributed by atoms with van der Waals surface area (Å²) >= 11 is 0. The van der Waals surface area contributed by atoms with Gasteiger partial charge in [-0.1, -0.05) is 18.2 Å². The molecule has 4 nitrogen and oxygen atoms in total. The lowest BCUT2D eigenvalue weighted by Crippen LogP contribution is -2.03. The normalized spacial score (nSPS) is 10.8. The molecule has 0 saturated carbocycles. The van der Waals surface area contributed by atoms with Gasteiger partial charge in [0.05, 0.1) is 23.0 Å². The van der Waals surface area contributed by atoms with Gasteiger partial charge in [-0.2, -0.15) is 5.10 Å². The van der Waals surface area contributed by atoms with Crippen LogP contribution in [0.15, 0.2) is 42.6 Å². The summed E-state index contributed by atoms with van der Waals surface area (Å²) in [6.07, 6.45) is 1.59. The molecule has 0 amide bonds. The van der Waals surface area contributed by atoms with Crippen LogP contribution >= 0.6 is 0 Å². The summed E-state index contributed by atoms with van der Waals surface area (Å²) in [5.74, 6) is 0.744. The van der Waals surface area contributed by atoms with Crippen molar-refractivity contribution in [2.75, 3.05) is 0 Å². The van der Waals surface area contributed by atoms with E-state index in [4.69, 9.17) is 0 Å². The van der Waals surface area contributed by atoms with Gasteiger partial charge in [0.1, 0.15) is 0 Å². The predicted molar refractivity (Wildman–Crippen MR) is 73.6 cm³/mol. The molecule has 0 aliphatic carbocycles. The molecular weight excluding hydrogens is 238 g/mol. The zero-order valence-corrected chi connectivity index (χ0v) is 10.8. The zero-order chi connectivity index (χ0) is 13.4. The van der Waals surface area contributed by atoms with Crippen molar-refractivity contribution < 1.29 is 4.79 Å². The third-order valence-electron chi connectivity index (χ3n) is 3.19. The van der Waals surface area contributed by atoms with Gasteiger partial charge in [-0.3, -0.25) is 4.79 Å². The van der Waals surface area contributed by atoms with Crippen LogP contribution in [0.25, 0.3) is 16.7 Å². The molecule has 3 aromatic rings. The minimum absolute atomic E-state index is 0.0181. The van der Waals surface area contributed by atoms with E-state index in [2.05, 4.69) is 10.1 Å². The SMILES string of the molecule is CC(=O)c1cnn(-c2ccc3ccccc3n2)c1C. The third-order valence-corrected chi connectivity index (χ3v) is 3.19. The number of para-hydroxylation sites is 1. The Morgan fingerprint density at radius 2 is 1.95 bits per heavy atom. The number of benzene rings is 1. The monoisotopic (exact) mass is 251 g/mol. The molecule has 0 aliphatic heterocycles. The molecule has 0 spiro atoms. The van der Waals surface area contributed by atoms with Crippen LogP contribution in [0.3, 0.4) is 0 Å². The molecule has 0 fully saturated rings. The second-order valence-corrected chi connectivity index (χ2v) is 4.47. The molecule has 3 rings (SSSR count). The molecule has 0 radical (unpaired) electrons. The first kappa shape index (κ1) is 11.6. The summed E-state index contributed by atoms with van der Waals surface area (Å²) in [5.41, 5.74) is 2.37. The maximum atomic E-state index is 11.4. The molecule has 19 heavy (non-hydrogen) atoms. The van der Waals surface area contributed by atoms with Crippen LogP contribution in [0.4, 0.5) is 0 Å². The van der Waals surface area contributed by atoms with Crippen molar-refractivity contribution in [1.82, 2.24) is 14.8 Å². The van der Waals surface area contributed by atoms with Crippen LogP contribution in [0.5, 0.6) is 0 Å². The number of aromatic nitrogens is 3. The van der Waals surface area contributed by atoms with Gasteiger partial charge in [0.25, 0.3) is 0 Å². The molecule has 4 heteroatoms. The first-order valence-corrected chi connectivity index (χ1v) is 6.08. The summed E-state index contributed by atoms with van der Waals surface area (Å²) in [6, 6.07) is 11.8. The van der Waals surface area contributed by atoms with Crippen molar-refractivity contribution in [3.63, 3.8) is 0 Å². The minimum atomic E-state index is 0.0181. The van der Waals surface area contributed by atoms with Crippen molar-refractivity contribution in [3.05, 3.63) is 53.9 Å². The number of pyridine rings is 1. The molecule has 2 heterocycles. The highest BCUT2D eigenvalue weighted by molar-refractivity contribution is 5.95. The lowest BCUT2D eigenvalue weighted by atomic mass is 10.2. The summed E-state index contributed by atoms with van der Waals surface area (Å²) < 4.78 is 1.70. The first-order chi connectivity index (χ1) is 9.16. The third kappa shape index (κ3) is 1.91. The molecule has 0 aliphatic rings. The molecule has 0 bridgehead atoms. The number of nitrogens with zero attached hydrogens (tertiary/aromatic N) is 3. The smallest absolute Gasteiger partial charge is 0.163 e. The molecule has 1 aromatic carbocycles. The predicted octanol–water partition coefficient (Wildman–Crippen LogP) is 2.93. The van der Waals surface area contributed by atoms with Gasteiger partial charge >= 0.3 is 0 Å². The van der Waals surface area contributed by atoms with Gasteiger partial charge in [-0.05, 0) is 32.0 Å². The summed E-state index contributed by atoms with van der Waals surface area (Å²) in [5, 5.41) is 5.33. The van der Waals surface area contributed by atoms with Crippen molar-refractivity contribution in [3.8, 4) is 5.82 Å². The molecule has 0 unspecified atom stereocenters. The van der Waals surface area contributed by atoms with Crippen LogP contribution in [0, 0.1) is 6.92 Å². The number of fused-ring (bicyclic) bond motifs is 1. The minimum Gasteiger partial charge on any atom is -0.294 e. The Morgan fingerprint density at radius 3 is 2.68 bits per heavy atom. The highest BCUT2D eigenvalue weighted by Gasteiger charge is 2.12. The van der Waals surface area contributed by atoms with E-state index in [1.807, 2.05) is 43.3 Å². The number of rotatable bonds is 2. The summed E-state index contributed by atoms with van der Waals surface area (Å²) in [7, 11) is 0. The molecule has 94 valence electrons. The fourth-order valence-corrected chi connectivity index (χ4v) is 2.16. The lowest BCUT2D eigenvalue weighted by molar-refractivity contribution is 0.101. The quantitative estimate of drug-likeness (QED) is 0.658. The largest absolute Gasteiger partial charge is 0.294 e. The van der Waals surface area contributed by atoms with Gasteiger partial charge in [0.15, 0.2) is 11.6 Å². The van der Waals surface area contributed by atoms with Crippen LogP contribution in [0.2, 0.25) is 0 Å². The van der Waals surface area contributed by atoms with Crippen molar-refractivity contribution in [2.45, 2.75) is 13.8 Å². The van der Waals surface area contributed by atoms with Crippen LogP contribution < -0.4 is 0 Å². The molecule has 0 N–H and O–H groups in total. The number of hydrogen-bond donors (Lipinski definition) is 0. The average molecular weight is 251 g/mol. The second-order valence-electron chi connectivity index (χ2n) is 4.47. The number of carbonyl (C=O) groups is 1. The van der Waals surface area contributed by atoms with Crippen molar-refractivity contribution in [1.29, 1.82) is 0 Å². The van der Waals surface area contributed by atoms with Gasteiger partial charge in [-0.25, -0.2) is 9.67 Å². The fraction of sp³-hybridized carbons (Fsp3) is 0.133. The Bertz CT molecular complexity index is 774. The van der Waals surface area contributed by atoms with Crippen LogP contribution in [-0.2, 0) is 0 Å². The molecular formula is C15H13N3O. The van der Waals surface area contributed by atoms with E-state index in [-0.39, 0.29) is 5.78 Å². The maximum absolute atomic E-state index is 11.4. The summed E-state index contributed by atoms with van der Waals surface area (Å²) in [4.78, 5) is 16.0. The van der Waals surface area contributed by atoms with Crippen molar-refractivity contribution >= 4 is 16.7 Å². The fourth-order valence-electron chi connectivity index (χ4n) is 2.16. The van der Waals surface area contributed by atoms with E-state index in [0.717, 1.165) is 22.4 Å². The van der Waals surface area contributed by atoms with E-state index in [0.29, 0.717) is 5.56 Å². The number of hydrogen-bond acceptors (Lipinski definition) is 3. The second kappa shape index (κ2) is 4.31. The molecule has 0 atom stereocenters. The zero-order valence-electron chi connectivity index (χ0n) is 10.8. The first-order valence-electron chi connectivity index (χ1n) is 6.08. The van der Waals surface area contributed by atoms with Gasteiger partial charge < -0.3 is 0 Å². The van der Waals surface area contributed by atoms with E-state index < -0.39 is 0 Å². The number of Topliss-reactive ketones (excluding diaryl/α,β-unsaturated/α-hetero) is 1. The lowest BCUT2D eigenvalue weighted by Gasteiger charge is -2.05. The van der Waals surface area contributed by atoms with Gasteiger partial charge in [-0.15, -0.1) is 0 Å². The average Bonchev–Trinajstić information content (AvgIpc) is 2.80. The molecule has 2 aromatic heterocycles. The van der Waals surface area contributed by atoms with Crippen molar-refractivity contribution in [2.24, 2.45) is 0 Å². The Morgan fingerprint density at radius 1 is 1.16 bits per heavy atom. The Hall–Kier alpha value is -2.49. The topological polar surface area (TPSA) is 47.8 Å². The maximum Gasteiger partial charge on any atom is 0.163 e. The van der Waals surface area contributed by atoms with Gasteiger partial charge in [0.2, 0.25) is 0 Å². The van der Waals surface area contributed by atoms with E-state index in [1.165, 1.54) is 0 Å². The van der Waals surface area contributed by atoms with E-state index >= 15 is 0 Å². The van der Waals surface area contributed by atoms with Crippen LogP contribution in [0.1, 0.15) is 23.0 Å². The van der Waals surface area contributed by atoms with Crippen LogP contribution in [-0.4, -0.2) is 20.5 Å². The number of ketones is 1. The Balaban J connectivity index is 2.16. The Kier molecular flexibility index (Phi) is 2.63. The highest BCUT2D eigenvalue weighted by Crippen LogP contribution is 2.17. The highest BCUT2D eigenvalue weighted by atomic mass is 16.1. The van der Waals surface area contributed by atoms with E-state index in [9.17, 15) is 4.79 Å². The van der Waals surface area contributed by atoms with E-state index in [1.54, 1.807) is 17.8 Å².